The van der Waals surface area contributed by atoms with E-state index >= 15 is 0 Å². The average Bonchev–Trinajstić information content (AvgIpc) is 3.02. The van der Waals surface area contributed by atoms with Gasteiger partial charge in [0, 0.05) is 19.6 Å². The number of para-hydroxylation sites is 1. The summed E-state index contributed by atoms with van der Waals surface area (Å²) in [6.45, 7) is 3.71. The van der Waals surface area contributed by atoms with Crippen LogP contribution in [0.15, 0.2) is 18.2 Å². The highest BCUT2D eigenvalue weighted by molar-refractivity contribution is 6.03. The van der Waals surface area contributed by atoms with Crippen molar-refractivity contribution in [1.29, 1.82) is 0 Å². The molecule has 7 heteroatoms. The molecule has 0 aliphatic carbocycles. The largest absolute Gasteiger partial charge is 0.481 e. The molecule has 6 nitrogen and oxygen atoms in total. The standard InChI is InChI=1S/C17H21N3O3.ClH/c21-14-10-23-15-12(2-1-3-13(15)19-14)16(22)20-8-5-17(6-9-20)4-7-18-11-17;/h1-3,18H,4-11H2,(H,19,21);1H. The van der Waals surface area contributed by atoms with E-state index in [4.69, 9.17) is 4.74 Å². The van der Waals surface area contributed by atoms with Gasteiger partial charge in [-0.1, -0.05) is 6.07 Å². The number of halogens is 1. The maximum Gasteiger partial charge on any atom is 0.262 e. The van der Waals surface area contributed by atoms with Gasteiger partial charge in [0.25, 0.3) is 11.8 Å². The van der Waals surface area contributed by atoms with Gasteiger partial charge in [0.2, 0.25) is 0 Å². The molecule has 0 unspecified atom stereocenters. The Morgan fingerprint density at radius 1 is 1.21 bits per heavy atom. The molecule has 0 saturated carbocycles. The predicted octanol–water partition coefficient (Wildman–Crippen LogP) is 1.65. The second-order valence-corrected chi connectivity index (χ2v) is 6.74. The van der Waals surface area contributed by atoms with Gasteiger partial charge < -0.3 is 20.3 Å². The summed E-state index contributed by atoms with van der Waals surface area (Å²) in [4.78, 5) is 26.2. The van der Waals surface area contributed by atoms with Crippen LogP contribution in [0.25, 0.3) is 0 Å². The van der Waals surface area contributed by atoms with Crippen molar-refractivity contribution in [2.24, 2.45) is 5.41 Å². The van der Waals surface area contributed by atoms with Gasteiger partial charge in [0.15, 0.2) is 12.4 Å². The third kappa shape index (κ3) is 2.96. The quantitative estimate of drug-likeness (QED) is 0.807. The van der Waals surface area contributed by atoms with Gasteiger partial charge in [-0.05, 0) is 43.4 Å². The van der Waals surface area contributed by atoms with E-state index < -0.39 is 0 Å². The first-order valence-electron chi connectivity index (χ1n) is 8.23. The third-order valence-corrected chi connectivity index (χ3v) is 5.31. The number of amides is 2. The van der Waals surface area contributed by atoms with Crippen LogP contribution in [0, 0.1) is 5.41 Å². The molecule has 2 fully saturated rings. The van der Waals surface area contributed by atoms with Crippen LogP contribution in [0.4, 0.5) is 5.69 Å². The van der Waals surface area contributed by atoms with Crippen LogP contribution >= 0.6 is 12.4 Å². The van der Waals surface area contributed by atoms with E-state index in [1.54, 1.807) is 18.2 Å². The highest BCUT2D eigenvalue weighted by Crippen LogP contribution is 2.38. The minimum Gasteiger partial charge on any atom is -0.481 e. The summed E-state index contributed by atoms with van der Waals surface area (Å²) in [5.41, 5.74) is 1.51. The maximum atomic E-state index is 12.9. The third-order valence-electron chi connectivity index (χ3n) is 5.31. The minimum atomic E-state index is -0.184. The van der Waals surface area contributed by atoms with Crippen molar-refractivity contribution in [3.63, 3.8) is 0 Å². The van der Waals surface area contributed by atoms with E-state index in [1.807, 2.05) is 4.90 Å². The van der Waals surface area contributed by atoms with Crippen LogP contribution in [0.1, 0.15) is 29.6 Å². The predicted molar refractivity (Wildman–Crippen MR) is 92.9 cm³/mol. The average molecular weight is 352 g/mol. The fourth-order valence-electron chi connectivity index (χ4n) is 3.86. The van der Waals surface area contributed by atoms with E-state index in [9.17, 15) is 9.59 Å². The monoisotopic (exact) mass is 351 g/mol. The topological polar surface area (TPSA) is 70.7 Å². The van der Waals surface area contributed by atoms with E-state index in [2.05, 4.69) is 10.6 Å². The maximum absolute atomic E-state index is 12.9. The zero-order chi connectivity index (χ0) is 15.9. The number of likely N-dealkylation sites (tertiary alicyclic amines) is 1. The van der Waals surface area contributed by atoms with Crippen LogP contribution in [-0.2, 0) is 4.79 Å². The number of piperidine rings is 1. The number of hydrogen-bond acceptors (Lipinski definition) is 4. The SMILES string of the molecule is Cl.O=C1COc2c(cccc2C(=O)N2CCC3(CCNC3)CC2)N1. The Balaban J connectivity index is 0.00000169. The number of nitrogens with zero attached hydrogens (tertiary/aromatic N) is 1. The number of benzene rings is 1. The lowest BCUT2D eigenvalue weighted by molar-refractivity contribution is -0.118. The zero-order valence-corrected chi connectivity index (χ0v) is 14.3. The molecule has 0 bridgehead atoms. The first-order chi connectivity index (χ1) is 11.2. The number of carbonyl (C=O) groups is 2. The van der Waals surface area contributed by atoms with Crippen LogP contribution in [-0.4, -0.2) is 49.5 Å². The number of carbonyl (C=O) groups excluding carboxylic acids is 2. The lowest BCUT2D eigenvalue weighted by atomic mass is 9.78. The second-order valence-electron chi connectivity index (χ2n) is 6.74. The van der Waals surface area contributed by atoms with Gasteiger partial charge in [-0.25, -0.2) is 0 Å². The van der Waals surface area contributed by atoms with Crippen molar-refractivity contribution >= 4 is 29.9 Å². The number of nitrogens with one attached hydrogen (secondary N) is 2. The summed E-state index contributed by atoms with van der Waals surface area (Å²) < 4.78 is 5.50. The fraction of sp³-hybridized carbons (Fsp3) is 0.529. The lowest BCUT2D eigenvalue weighted by Gasteiger charge is -2.39. The molecule has 130 valence electrons. The first-order valence-corrected chi connectivity index (χ1v) is 8.23. The van der Waals surface area contributed by atoms with Gasteiger partial charge in [-0.15, -0.1) is 12.4 Å². The van der Waals surface area contributed by atoms with Crippen molar-refractivity contribution in [1.82, 2.24) is 10.2 Å². The highest BCUT2D eigenvalue weighted by atomic mass is 35.5. The molecule has 1 aromatic rings. The molecule has 3 aliphatic rings. The van der Waals surface area contributed by atoms with Gasteiger partial charge >= 0.3 is 0 Å². The fourth-order valence-corrected chi connectivity index (χ4v) is 3.86. The van der Waals surface area contributed by atoms with E-state index in [-0.39, 0.29) is 30.8 Å². The van der Waals surface area contributed by atoms with Crippen molar-refractivity contribution in [2.45, 2.75) is 19.3 Å². The molecule has 1 spiro atoms. The summed E-state index contributed by atoms with van der Waals surface area (Å²) in [7, 11) is 0. The van der Waals surface area contributed by atoms with E-state index in [1.165, 1.54) is 6.42 Å². The second kappa shape index (κ2) is 6.61. The summed E-state index contributed by atoms with van der Waals surface area (Å²) >= 11 is 0. The molecule has 4 rings (SSSR count). The zero-order valence-electron chi connectivity index (χ0n) is 13.5. The van der Waals surface area contributed by atoms with Crippen molar-refractivity contribution in [2.75, 3.05) is 38.1 Å². The molecule has 24 heavy (non-hydrogen) atoms. The van der Waals surface area contributed by atoms with E-state index in [0.717, 1.165) is 39.0 Å². The number of ether oxygens (including phenoxy) is 1. The lowest BCUT2D eigenvalue weighted by Crippen LogP contribution is -2.44. The molecule has 1 aromatic carbocycles. The van der Waals surface area contributed by atoms with Crippen LogP contribution in [0.2, 0.25) is 0 Å². The molecule has 2 amide bonds. The Labute approximate surface area is 147 Å². The van der Waals surface area contributed by atoms with Gasteiger partial charge in [-0.2, -0.15) is 0 Å². The Bertz CT molecular complexity index is 648. The molecular weight excluding hydrogens is 330 g/mol. The molecule has 3 aliphatic heterocycles. The summed E-state index contributed by atoms with van der Waals surface area (Å²) in [5.74, 6) is 0.314. The normalized spacial score (nSPS) is 21.5. The van der Waals surface area contributed by atoms with Crippen LogP contribution < -0.4 is 15.4 Å². The minimum absolute atomic E-state index is 0. The van der Waals surface area contributed by atoms with Gasteiger partial charge in [0.1, 0.15) is 0 Å². The van der Waals surface area contributed by atoms with E-state index in [0.29, 0.717) is 22.4 Å². The van der Waals surface area contributed by atoms with Crippen LogP contribution in [0.5, 0.6) is 5.75 Å². The number of anilines is 1. The van der Waals surface area contributed by atoms with Gasteiger partial charge in [0.05, 0.1) is 11.3 Å². The summed E-state index contributed by atoms with van der Waals surface area (Å²) in [6.07, 6.45) is 3.32. The Morgan fingerprint density at radius 3 is 2.71 bits per heavy atom. The smallest absolute Gasteiger partial charge is 0.262 e. The molecule has 0 aromatic heterocycles. The van der Waals surface area contributed by atoms with Gasteiger partial charge in [-0.3, -0.25) is 9.59 Å². The van der Waals surface area contributed by atoms with Crippen molar-refractivity contribution in [3.05, 3.63) is 23.8 Å². The molecule has 0 atom stereocenters. The number of fused-ring (bicyclic) bond motifs is 1. The molecule has 2 N–H and O–H groups in total. The highest BCUT2D eigenvalue weighted by Gasteiger charge is 2.38. The summed E-state index contributed by atoms with van der Waals surface area (Å²) in [5, 5.41) is 6.19. The number of hydrogen-bond donors (Lipinski definition) is 2. The summed E-state index contributed by atoms with van der Waals surface area (Å²) in [6, 6.07) is 5.33. The number of rotatable bonds is 1. The Morgan fingerprint density at radius 2 is 2.00 bits per heavy atom. The van der Waals surface area contributed by atoms with Crippen molar-refractivity contribution < 1.29 is 14.3 Å². The molecule has 0 radical (unpaired) electrons. The van der Waals surface area contributed by atoms with Crippen LogP contribution in [0.3, 0.4) is 0 Å². The van der Waals surface area contributed by atoms with Crippen molar-refractivity contribution in [3.8, 4) is 5.75 Å². The molecular formula is C17H22ClN3O3. The Kier molecular flexibility index (Phi) is 4.69. The molecule has 2 saturated heterocycles. The Hall–Kier alpha value is -1.79. The first kappa shape index (κ1) is 17.0. The molecule has 3 heterocycles.